The van der Waals surface area contributed by atoms with Gasteiger partial charge >= 0.3 is 0 Å². The Kier molecular flexibility index (Phi) is 4.91. The minimum Gasteiger partial charge on any atom is -0.391 e. The van der Waals surface area contributed by atoms with Crippen LogP contribution in [-0.2, 0) is 4.79 Å². The molecule has 158 valence electrons. The predicted molar refractivity (Wildman–Crippen MR) is 118 cm³/mol. The van der Waals surface area contributed by atoms with Gasteiger partial charge in [0.05, 0.1) is 23.0 Å². The second-order valence-electron chi connectivity index (χ2n) is 10.4. The Bertz CT molecular complexity index is 934. The zero-order chi connectivity index (χ0) is 21.1. The van der Waals surface area contributed by atoms with Crippen LogP contribution in [0, 0.1) is 45.8 Å². The van der Waals surface area contributed by atoms with Gasteiger partial charge in [0.1, 0.15) is 0 Å². The second-order valence-corrected chi connectivity index (χ2v) is 11.5. The van der Waals surface area contributed by atoms with Gasteiger partial charge in [0.15, 0.2) is 5.78 Å². The van der Waals surface area contributed by atoms with Gasteiger partial charge in [-0.25, -0.2) is 0 Å². The maximum Gasteiger partial charge on any atom is 0.169 e. The zero-order valence-corrected chi connectivity index (χ0v) is 18.8. The number of ketones is 1. The maximum absolute atomic E-state index is 13.0. The molecule has 3 saturated carbocycles. The van der Waals surface area contributed by atoms with E-state index < -0.39 is 6.10 Å². The fourth-order valence-corrected chi connectivity index (χ4v) is 8.74. The van der Waals surface area contributed by atoms with Crippen LogP contribution in [-0.4, -0.2) is 17.0 Å². The molecule has 0 radical (unpaired) electrons. The first kappa shape index (κ1) is 20.3. The van der Waals surface area contributed by atoms with E-state index in [2.05, 4.69) is 32.0 Å². The summed E-state index contributed by atoms with van der Waals surface area (Å²) in [7, 11) is 0. The van der Waals surface area contributed by atoms with Crippen LogP contribution < -0.4 is 0 Å². The van der Waals surface area contributed by atoms with Crippen LogP contribution in [0.25, 0.3) is 0 Å². The molecule has 0 heterocycles. The Labute approximate surface area is 183 Å². The average Bonchev–Trinajstić information content (AvgIpc) is 3.02. The largest absolute Gasteiger partial charge is 0.391 e. The average molecular weight is 422 g/mol. The van der Waals surface area contributed by atoms with Crippen LogP contribution in [0.5, 0.6) is 0 Å². The highest BCUT2D eigenvalue weighted by Gasteiger charge is 2.61. The number of thioether (sulfide) groups is 1. The van der Waals surface area contributed by atoms with Crippen molar-refractivity contribution in [3.63, 3.8) is 0 Å². The topological polar surface area (TPSA) is 61.1 Å². The van der Waals surface area contributed by atoms with Crippen molar-refractivity contribution in [2.45, 2.75) is 69.8 Å². The number of Topliss-reactive ketones (excluding diaryl/α,β-unsaturated/α-hetero) is 1. The zero-order valence-electron chi connectivity index (χ0n) is 17.9. The predicted octanol–water partition coefficient (Wildman–Crippen LogP) is 5.75. The third-order valence-electron chi connectivity index (χ3n) is 9.20. The second kappa shape index (κ2) is 7.24. The van der Waals surface area contributed by atoms with Crippen molar-refractivity contribution in [1.82, 2.24) is 0 Å². The van der Waals surface area contributed by atoms with E-state index in [0.717, 1.165) is 48.3 Å². The van der Waals surface area contributed by atoms with Gasteiger partial charge < -0.3 is 5.11 Å². The molecule has 0 aromatic heterocycles. The molecule has 0 bridgehead atoms. The van der Waals surface area contributed by atoms with E-state index in [1.54, 1.807) is 11.8 Å². The maximum atomic E-state index is 13.0. The summed E-state index contributed by atoms with van der Waals surface area (Å²) in [6.45, 7) is 4.64. The molecule has 0 amide bonds. The highest BCUT2D eigenvalue weighted by Crippen LogP contribution is 2.67. The summed E-state index contributed by atoms with van der Waals surface area (Å²) in [4.78, 5) is 15.1. The number of fused-ring (bicyclic) bond motifs is 5. The molecule has 3 fully saturated rings. The van der Waals surface area contributed by atoms with Gasteiger partial charge in [-0.2, -0.15) is 5.26 Å². The summed E-state index contributed by atoms with van der Waals surface area (Å²) in [6, 6.07) is 12.7. The van der Waals surface area contributed by atoms with Crippen LogP contribution in [0.4, 0.5) is 0 Å². The number of allylic oxidation sites excluding steroid dienone is 1. The van der Waals surface area contributed by atoms with Crippen LogP contribution in [0.2, 0.25) is 0 Å². The molecule has 0 spiro atoms. The van der Waals surface area contributed by atoms with E-state index in [9.17, 15) is 15.2 Å². The molecule has 4 aliphatic carbocycles. The van der Waals surface area contributed by atoms with Crippen LogP contribution in [0.3, 0.4) is 0 Å². The summed E-state index contributed by atoms with van der Waals surface area (Å²) in [6.07, 6.45) is 6.12. The van der Waals surface area contributed by atoms with Crippen molar-refractivity contribution < 1.29 is 9.90 Å². The first-order valence-electron chi connectivity index (χ1n) is 11.5. The van der Waals surface area contributed by atoms with Crippen molar-refractivity contribution in [3.05, 3.63) is 40.8 Å². The summed E-state index contributed by atoms with van der Waals surface area (Å²) in [5.74, 6) is 1.64. The number of aliphatic hydroxyl groups is 1. The molecule has 0 unspecified atom stereocenters. The van der Waals surface area contributed by atoms with Gasteiger partial charge in [-0.15, -0.1) is 0 Å². The minimum atomic E-state index is -0.490. The van der Waals surface area contributed by atoms with E-state index in [4.69, 9.17) is 0 Å². The summed E-state index contributed by atoms with van der Waals surface area (Å²) >= 11 is 1.67. The lowest BCUT2D eigenvalue weighted by Gasteiger charge is -2.58. The summed E-state index contributed by atoms with van der Waals surface area (Å²) in [5.41, 5.74) is 1.35. The lowest BCUT2D eigenvalue weighted by molar-refractivity contribution is -0.118. The Hall–Kier alpha value is -1.57. The molecule has 5 rings (SSSR count). The molecule has 3 nitrogen and oxygen atoms in total. The molecular weight excluding hydrogens is 390 g/mol. The molecule has 0 aliphatic heterocycles. The Morgan fingerprint density at radius 1 is 1.10 bits per heavy atom. The molecule has 1 aromatic carbocycles. The minimum absolute atomic E-state index is 0.0744. The Morgan fingerprint density at radius 3 is 2.60 bits per heavy atom. The van der Waals surface area contributed by atoms with Crippen LogP contribution in [0.15, 0.2) is 45.7 Å². The number of hydrogen-bond acceptors (Lipinski definition) is 4. The van der Waals surface area contributed by atoms with E-state index in [1.165, 1.54) is 5.57 Å². The number of aliphatic hydroxyl groups excluding tert-OH is 1. The van der Waals surface area contributed by atoms with E-state index >= 15 is 0 Å². The normalized spacial score (nSPS) is 42.9. The molecule has 1 aromatic rings. The Morgan fingerprint density at radius 2 is 1.87 bits per heavy atom. The number of carbonyl (C=O) groups is 1. The molecular formula is C26H31NO2S. The summed E-state index contributed by atoms with van der Waals surface area (Å²) < 4.78 is 0. The Balaban J connectivity index is 1.50. The van der Waals surface area contributed by atoms with Crippen LogP contribution >= 0.6 is 11.8 Å². The number of nitriles is 1. The van der Waals surface area contributed by atoms with Crippen molar-refractivity contribution in [3.8, 4) is 6.07 Å². The molecule has 4 aliphatic rings. The molecule has 7 atom stereocenters. The fourth-order valence-electron chi connectivity index (χ4n) is 7.53. The lowest BCUT2D eigenvalue weighted by Crippen LogP contribution is -2.51. The smallest absolute Gasteiger partial charge is 0.169 e. The molecule has 4 heteroatoms. The molecule has 1 N–H and O–H groups in total. The van der Waals surface area contributed by atoms with E-state index in [1.807, 2.05) is 18.2 Å². The van der Waals surface area contributed by atoms with Crippen molar-refractivity contribution >= 4 is 17.5 Å². The monoisotopic (exact) mass is 421 g/mol. The van der Waals surface area contributed by atoms with E-state index in [-0.39, 0.29) is 16.7 Å². The number of rotatable bonds is 2. The third-order valence-corrected chi connectivity index (χ3v) is 10.4. The first-order chi connectivity index (χ1) is 14.4. The van der Waals surface area contributed by atoms with Crippen molar-refractivity contribution in [2.24, 2.45) is 34.5 Å². The van der Waals surface area contributed by atoms with Gasteiger partial charge in [-0.1, -0.05) is 43.8 Å². The quantitative estimate of drug-likeness (QED) is 0.660. The number of nitrogens with zero attached hydrogens (tertiary/aromatic N) is 1. The van der Waals surface area contributed by atoms with Crippen LogP contribution in [0.1, 0.15) is 58.8 Å². The SMILES string of the molecule is C[C@]12CC[C@H]3[C@@H](CCC4=C(Sc5ccccc5)C(=O)CC[C@@]43C)[C@@H]1C[C@H](C#N)[C@@H]2O. The van der Waals surface area contributed by atoms with Gasteiger partial charge in [0.25, 0.3) is 0 Å². The third kappa shape index (κ3) is 2.85. The highest BCUT2D eigenvalue weighted by atomic mass is 32.2. The van der Waals surface area contributed by atoms with Gasteiger partial charge in [0.2, 0.25) is 0 Å². The molecule has 30 heavy (non-hydrogen) atoms. The standard InChI is InChI=1S/C26H31NO2S/c1-25-13-11-22(28)23(30-17-6-4-3-5-7-17)20(25)9-8-18-19(25)10-12-26(2)21(18)14-16(15-27)24(26)29/h3-7,16,18-19,21,24,29H,8-14H2,1-2H3/t16-,18-,19+,21+,24+,25-,26+/m1/s1. The van der Waals surface area contributed by atoms with Crippen molar-refractivity contribution in [2.75, 3.05) is 0 Å². The number of carbonyl (C=O) groups excluding carboxylic acids is 1. The highest BCUT2D eigenvalue weighted by molar-refractivity contribution is 8.04. The van der Waals surface area contributed by atoms with E-state index in [0.29, 0.717) is 30.0 Å². The first-order valence-corrected chi connectivity index (χ1v) is 12.3. The van der Waals surface area contributed by atoms with Gasteiger partial charge in [-0.3, -0.25) is 4.79 Å². The molecule has 0 saturated heterocycles. The van der Waals surface area contributed by atoms with Gasteiger partial charge in [0, 0.05) is 11.3 Å². The summed E-state index contributed by atoms with van der Waals surface area (Å²) in [5, 5.41) is 20.5. The van der Waals surface area contributed by atoms with Crippen molar-refractivity contribution in [1.29, 1.82) is 5.26 Å². The number of benzene rings is 1. The van der Waals surface area contributed by atoms with Gasteiger partial charge in [-0.05, 0) is 84.8 Å². The lowest BCUT2D eigenvalue weighted by atomic mass is 9.47. The number of hydrogen-bond donors (Lipinski definition) is 1. The fraction of sp³-hybridized carbons (Fsp3) is 0.615.